The number of alkyl halides is 4. The zero-order chi connectivity index (χ0) is 13.9. The zero-order valence-corrected chi connectivity index (χ0v) is 8.89. The van der Waals surface area contributed by atoms with Gasteiger partial charge in [0.25, 0.3) is 0 Å². The molecular weight excluding hydrogens is 259 g/mol. The molecule has 0 saturated carbocycles. The number of benzene rings is 1. The molecule has 0 fully saturated rings. The topological polar surface area (TPSA) is 55.1 Å². The Kier molecular flexibility index (Phi) is 4.23. The summed E-state index contributed by atoms with van der Waals surface area (Å²) in [6.07, 6.45) is -4.12. The predicted molar refractivity (Wildman–Crippen MR) is 53.9 cm³/mol. The van der Waals surface area contributed by atoms with Crippen molar-refractivity contribution in [1.29, 1.82) is 0 Å². The van der Waals surface area contributed by atoms with E-state index in [0.29, 0.717) is 0 Å². The standard InChI is InChI=1S/C10H9F5N2O/c11-7-2-1-6(3-5(7)4-16)17-9(18)10(14,15)8(12)13/h1-3,8H,4,16H2,(H,17,18). The largest absolute Gasteiger partial charge is 0.383 e. The number of anilines is 1. The number of carbonyl (C=O) groups is 1. The van der Waals surface area contributed by atoms with E-state index >= 15 is 0 Å². The Labute approximate surface area is 98.8 Å². The van der Waals surface area contributed by atoms with E-state index in [1.165, 1.54) is 0 Å². The Bertz CT molecular complexity index is 450. The predicted octanol–water partition coefficient (Wildman–Crippen LogP) is 2.12. The highest BCUT2D eigenvalue weighted by atomic mass is 19.3. The van der Waals surface area contributed by atoms with Crippen molar-refractivity contribution in [2.75, 3.05) is 5.32 Å². The molecule has 8 heteroatoms. The van der Waals surface area contributed by atoms with E-state index in [2.05, 4.69) is 0 Å². The Morgan fingerprint density at radius 3 is 2.50 bits per heavy atom. The summed E-state index contributed by atoms with van der Waals surface area (Å²) in [7, 11) is 0. The molecule has 0 spiro atoms. The van der Waals surface area contributed by atoms with Crippen LogP contribution in [0.4, 0.5) is 27.6 Å². The first-order valence-electron chi connectivity index (χ1n) is 4.75. The highest BCUT2D eigenvalue weighted by Gasteiger charge is 2.48. The molecule has 18 heavy (non-hydrogen) atoms. The molecule has 0 aliphatic carbocycles. The van der Waals surface area contributed by atoms with Crippen molar-refractivity contribution < 1.29 is 26.7 Å². The average molecular weight is 268 g/mol. The molecule has 100 valence electrons. The molecule has 0 unspecified atom stereocenters. The lowest BCUT2D eigenvalue weighted by Crippen LogP contribution is -2.41. The third-order valence-corrected chi connectivity index (χ3v) is 2.10. The van der Waals surface area contributed by atoms with Crippen molar-refractivity contribution in [2.24, 2.45) is 5.73 Å². The number of rotatable bonds is 4. The van der Waals surface area contributed by atoms with E-state index in [-0.39, 0.29) is 17.8 Å². The summed E-state index contributed by atoms with van der Waals surface area (Å²) in [5, 5.41) is 1.57. The third kappa shape index (κ3) is 2.95. The fourth-order valence-corrected chi connectivity index (χ4v) is 1.12. The second-order valence-corrected chi connectivity index (χ2v) is 3.39. The summed E-state index contributed by atoms with van der Waals surface area (Å²) >= 11 is 0. The summed E-state index contributed by atoms with van der Waals surface area (Å²) < 4.78 is 62.0. The van der Waals surface area contributed by atoms with Gasteiger partial charge in [0, 0.05) is 17.8 Å². The van der Waals surface area contributed by atoms with E-state index in [4.69, 9.17) is 5.73 Å². The first-order chi connectivity index (χ1) is 8.28. The summed E-state index contributed by atoms with van der Waals surface area (Å²) in [5.74, 6) is -7.65. The Morgan fingerprint density at radius 2 is 2.00 bits per heavy atom. The van der Waals surface area contributed by atoms with Crippen molar-refractivity contribution in [3.8, 4) is 0 Å². The van der Waals surface area contributed by atoms with Crippen LogP contribution < -0.4 is 11.1 Å². The minimum Gasteiger partial charge on any atom is -0.326 e. The van der Waals surface area contributed by atoms with Crippen LogP contribution >= 0.6 is 0 Å². The van der Waals surface area contributed by atoms with Gasteiger partial charge in [-0.1, -0.05) is 0 Å². The van der Waals surface area contributed by atoms with Crippen LogP contribution in [0.1, 0.15) is 5.56 Å². The van der Waals surface area contributed by atoms with E-state index < -0.39 is 24.1 Å². The molecular formula is C10H9F5N2O. The molecule has 0 aromatic heterocycles. The van der Waals surface area contributed by atoms with Gasteiger partial charge in [-0.15, -0.1) is 0 Å². The van der Waals surface area contributed by atoms with Gasteiger partial charge < -0.3 is 11.1 Å². The van der Waals surface area contributed by atoms with Gasteiger partial charge >= 0.3 is 18.3 Å². The molecule has 1 aromatic rings. The number of hydrogen-bond acceptors (Lipinski definition) is 2. The van der Waals surface area contributed by atoms with Crippen LogP contribution in [-0.2, 0) is 11.3 Å². The zero-order valence-electron chi connectivity index (χ0n) is 8.89. The molecule has 0 aliphatic heterocycles. The number of halogens is 5. The third-order valence-electron chi connectivity index (χ3n) is 2.10. The van der Waals surface area contributed by atoms with Crippen LogP contribution in [0.25, 0.3) is 0 Å². The SMILES string of the molecule is NCc1cc(NC(=O)C(F)(F)C(F)F)ccc1F. The number of hydrogen-bond donors (Lipinski definition) is 2. The van der Waals surface area contributed by atoms with Crippen LogP contribution in [-0.4, -0.2) is 18.3 Å². The highest BCUT2D eigenvalue weighted by molar-refractivity contribution is 5.96. The Balaban J connectivity index is 2.89. The van der Waals surface area contributed by atoms with Gasteiger partial charge in [-0.05, 0) is 18.2 Å². The summed E-state index contributed by atoms with van der Waals surface area (Å²) in [6.45, 7) is -0.221. The van der Waals surface area contributed by atoms with Gasteiger partial charge in [0.15, 0.2) is 0 Å². The van der Waals surface area contributed by atoms with E-state index in [9.17, 15) is 26.7 Å². The average Bonchev–Trinajstić information content (AvgIpc) is 2.31. The molecule has 1 rings (SSSR count). The molecule has 0 atom stereocenters. The van der Waals surface area contributed by atoms with E-state index in [1.807, 2.05) is 0 Å². The fraction of sp³-hybridized carbons (Fsp3) is 0.300. The van der Waals surface area contributed by atoms with E-state index in [0.717, 1.165) is 18.2 Å². The number of carbonyl (C=O) groups excluding carboxylic acids is 1. The van der Waals surface area contributed by atoms with Gasteiger partial charge in [-0.2, -0.15) is 8.78 Å². The van der Waals surface area contributed by atoms with Crippen LogP contribution in [0.5, 0.6) is 0 Å². The van der Waals surface area contributed by atoms with Crippen molar-refractivity contribution in [2.45, 2.75) is 18.9 Å². The fourth-order valence-electron chi connectivity index (χ4n) is 1.12. The lowest BCUT2D eigenvalue weighted by Gasteiger charge is -2.15. The van der Waals surface area contributed by atoms with Gasteiger partial charge in [-0.3, -0.25) is 4.79 Å². The molecule has 0 heterocycles. The molecule has 0 radical (unpaired) electrons. The second kappa shape index (κ2) is 5.30. The lowest BCUT2D eigenvalue weighted by atomic mass is 10.2. The van der Waals surface area contributed by atoms with Crippen molar-refractivity contribution in [3.05, 3.63) is 29.6 Å². The smallest absolute Gasteiger partial charge is 0.326 e. The van der Waals surface area contributed by atoms with Gasteiger partial charge in [0.2, 0.25) is 0 Å². The molecule has 1 aromatic carbocycles. The quantitative estimate of drug-likeness (QED) is 0.822. The minimum atomic E-state index is -4.81. The molecule has 0 bridgehead atoms. The van der Waals surface area contributed by atoms with Crippen LogP contribution in [0, 0.1) is 5.82 Å². The summed E-state index contributed by atoms with van der Waals surface area (Å²) in [6, 6.07) is 2.85. The van der Waals surface area contributed by atoms with Crippen LogP contribution in [0.2, 0.25) is 0 Å². The minimum absolute atomic E-state index is 0.0341. The second-order valence-electron chi connectivity index (χ2n) is 3.39. The first-order valence-corrected chi connectivity index (χ1v) is 4.75. The number of nitrogens with two attached hydrogens (primary N) is 1. The molecule has 0 saturated heterocycles. The molecule has 3 N–H and O–H groups in total. The van der Waals surface area contributed by atoms with Crippen molar-refractivity contribution >= 4 is 11.6 Å². The first kappa shape index (κ1) is 14.4. The normalized spacial score (nSPS) is 11.7. The number of nitrogens with one attached hydrogen (secondary N) is 1. The Morgan fingerprint density at radius 1 is 1.39 bits per heavy atom. The lowest BCUT2D eigenvalue weighted by molar-refractivity contribution is -0.163. The maximum atomic E-state index is 13.0. The maximum absolute atomic E-state index is 13.0. The van der Waals surface area contributed by atoms with Gasteiger partial charge in [-0.25, -0.2) is 13.2 Å². The van der Waals surface area contributed by atoms with Crippen molar-refractivity contribution in [1.82, 2.24) is 0 Å². The number of amides is 1. The highest BCUT2D eigenvalue weighted by Crippen LogP contribution is 2.25. The summed E-state index contributed by atoms with van der Waals surface area (Å²) in [4.78, 5) is 10.9. The monoisotopic (exact) mass is 268 g/mol. The molecule has 0 aliphatic rings. The maximum Gasteiger partial charge on any atom is 0.383 e. The van der Waals surface area contributed by atoms with Gasteiger partial charge in [0.05, 0.1) is 0 Å². The van der Waals surface area contributed by atoms with Crippen LogP contribution in [0.3, 0.4) is 0 Å². The van der Waals surface area contributed by atoms with Crippen LogP contribution in [0.15, 0.2) is 18.2 Å². The molecule has 3 nitrogen and oxygen atoms in total. The van der Waals surface area contributed by atoms with E-state index in [1.54, 1.807) is 5.32 Å². The molecule has 1 amide bonds. The Hall–Kier alpha value is -1.70. The van der Waals surface area contributed by atoms with Crippen molar-refractivity contribution in [3.63, 3.8) is 0 Å². The van der Waals surface area contributed by atoms with Gasteiger partial charge in [0.1, 0.15) is 5.82 Å². The summed E-state index contributed by atoms with van der Waals surface area (Å²) in [5.41, 5.74) is 4.90.